The lowest BCUT2D eigenvalue weighted by atomic mass is 9.91. The first-order chi connectivity index (χ1) is 15.8. The van der Waals surface area contributed by atoms with Gasteiger partial charge in [-0.2, -0.15) is 0 Å². The first-order valence-electron chi connectivity index (χ1n) is 10.8. The third-order valence-electron chi connectivity index (χ3n) is 5.26. The third kappa shape index (κ3) is 5.39. The molecule has 0 atom stereocenters. The van der Waals surface area contributed by atoms with Crippen molar-refractivity contribution in [2.75, 3.05) is 7.11 Å². The molecule has 1 aromatic heterocycles. The third-order valence-corrected chi connectivity index (χ3v) is 6.63. The molecule has 180 valence electrons. The van der Waals surface area contributed by atoms with Crippen LogP contribution in [0.15, 0.2) is 53.4 Å². The van der Waals surface area contributed by atoms with Gasteiger partial charge < -0.3 is 9.47 Å². The monoisotopic (exact) mass is 482 g/mol. The number of carbonyl (C=O) groups excluding carboxylic acids is 1. The van der Waals surface area contributed by atoms with E-state index < -0.39 is 15.9 Å². The van der Waals surface area contributed by atoms with Gasteiger partial charge in [0.1, 0.15) is 22.0 Å². The van der Waals surface area contributed by atoms with Gasteiger partial charge in [-0.05, 0) is 56.2 Å². The van der Waals surface area contributed by atoms with Gasteiger partial charge in [-0.25, -0.2) is 18.1 Å². The number of para-hydroxylation sites is 1. The number of amides is 1. The highest BCUT2D eigenvalue weighted by Crippen LogP contribution is 2.33. The molecule has 34 heavy (non-hydrogen) atoms. The van der Waals surface area contributed by atoms with Crippen molar-refractivity contribution in [3.8, 4) is 17.4 Å². The Kier molecular flexibility index (Phi) is 7.02. The van der Waals surface area contributed by atoms with Crippen molar-refractivity contribution >= 4 is 15.9 Å². The number of pyridine rings is 1. The van der Waals surface area contributed by atoms with Crippen LogP contribution >= 0.6 is 0 Å². The number of sulfonamides is 1. The second kappa shape index (κ2) is 9.46. The molecule has 1 amide bonds. The van der Waals surface area contributed by atoms with E-state index in [1.807, 2.05) is 53.7 Å². The number of ether oxygens (including phenoxy) is 2. The van der Waals surface area contributed by atoms with Gasteiger partial charge in [0.2, 0.25) is 5.88 Å². The van der Waals surface area contributed by atoms with E-state index in [1.54, 1.807) is 18.2 Å². The summed E-state index contributed by atoms with van der Waals surface area (Å²) in [4.78, 5) is 17.6. The Morgan fingerprint density at radius 1 is 0.971 bits per heavy atom. The highest BCUT2D eigenvalue weighted by molar-refractivity contribution is 7.90. The minimum Gasteiger partial charge on any atom is -0.495 e. The van der Waals surface area contributed by atoms with E-state index in [-0.39, 0.29) is 27.5 Å². The van der Waals surface area contributed by atoms with E-state index in [0.29, 0.717) is 11.4 Å². The molecule has 0 fully saturated rings. The fourth-order valence-electron chi connectivity index (χ4n) is 3.61. The minimum absolute atomic E-state index is 0.00541. The van der Waals surface area contributed by atoms with Crippen LogP contribution in [-0.2, 0) is 15.4 Å². The molecule has 8 heteroatoms. The van der Waals surface area contributed by atoms with Crippen molar-refractivity contribution < 1.29 is 22.7 Å². The first kappa shape index (κ1) is 25.2. The predicted octanol–water partition coefficient (Wildman–Crippen LogP) is 5.22. The SMILES string of the molecule is COc1ccccc1S(=O)(=O)NC(=O)c1ccc(C(C)(C)C)nc1Oc1c(C)cc(C)cc1C. The van der Waals surface area contributed by atoms with Crippen LogP contribution in [0.3, 0.4) is 0 Å². The lowest BCUT2D eigenvalue weighted by Gasteiger charge is -2.21. The maximum Gasteiger partial charge on any atom is 0.270 e. The topological polar surface area (TPSA) is 94.6 Å². The molecule has 0 saturated carbocycles. The maximum absolute atomic E-state index is 13.2. The molecule has 0 unspecified atom stereocenters. The molecule has 1 N–H and O–H groups in total. The first-order valence-corrected chi connectivity index (χ1v) is 12.3. The van der Waals surface area contributed by atoms with E-state index >= 15 is 0 Å². The molecule has 1 heterocycles. The van der Waals surface area contributed by atoms with Gasteiger partial charge in [0.05, 0.1) is 7.11 Å². The largest absolute Gasteiger partial charge is 0.495 e. The van der Waals surface area contributed by atoms with Gasteiger partial charge >= 0.3 is 0 Å². The summed E-state index contributed by atoms with van der Waals surface area (Å²) in [6.45, 7) is 11.8. The number of benzene rings is 2. The number of rotatable bonds is 6. The van der Waals surface area contributed by atoms with Crippen LogP contribution in [0.2, 0.25) is 0 Å². The van der Waals surface area contributed by atoms with Crippen LogP contribution < -0.4 is 14.2 Å². The van der Waals surface area contributed by atoms with Crippen molar-refractivity contribution in [2.24, 2.45) is 0 Å². The Labute approximate surface area is 201 Å². The van der Waals surface area contributed by atoms with Crippen molar-refractivity contribution in [3.63, 3.8) is 0 Å². The zero-order chi connectivity index (χ0) is 25.3. The van der Waals surface area contributed by atoms with E-state index in [9.17, 15) is 13.2 Å². The summed E-state index contributed by atoms with van der Waals surface area (Å²) in [5.74, 6) is -0.108. The molecule has 3 rings (SSSR count). The summed E-state index contributed by atoms with van der Waals surface area (Å²) < 4.78 is 39.3. The summed E-state index contributed by atoms with van der Waals surface area (Å²) in [6.07, 6.45) is 0. The van der Waals surface area contributed by atoms with Crippen LogP contribution in [0, 0.1) is 20.8 Å². The molecule has 3 aromatic rings. The van der Waals surface area contributed by atoms with Gasteiger partial charge in [-0.3, -0.25) is 4.79 Å². The molecule has 0 bridgehead atoms. The van der Waals surface area contributed by atoms with Gasteiger partial charge in [0, 0.05) is 11.1 Å². The van der Waals surface area contributed by atoms with Crippen molar-refractivity contribution in [2.45, 2.75) is 51.9 Å². The Hall–Kier alpha value is -3.39. The summed E-state index contributed by atoms with van der Waals surface area (Å²) in [5.41, 5.74) is 3.25. The number of methoxy groups -OCH3 is 1. The maximum atomic E-state index is 13.2. The number of hydrogen-bond donors (Lipinski definition) is 1. The second-order valence-electron chi connectivity index (χ2n) is 9.21. The van der Waals surface area contributed by atoms with Gasteiger partial charge in [0.15, 0.2) is 0 Å². The Morgan fingerprint density at radius 2 is 1.59 bits per heavy atom. The number of aromatic nitrogens is 1. The van der Waals surface area contributed by atoms with Crippen molar-refractivity contribution in [1.29, 1.82) is 0 Å². The highest BCUT2D eigenvalue weighted by Gasteiger charge is 2.27. The molecular weight excluding hydrogens is 452 g/mol. The van der Waals surface area contributed by atoms with Crippen molar-refractivity contribution in [3.05, 3.63) is 76.5 Å². The summed E-state index contributed by atoms with van der Waals surface area (Å²) in [6, 6.07) is 13.3. The number of nitrogens with zero attached hydrogens (tertiary/aromatic N) is 1. The van der Waals surface area contributed by atoms with E-state index in [1.165, 1.54) is 25.3 Å². The molecule has 7 nitrogen and oxygen atoms in total. The Morgan fingerprint density at radius 3 is 2.18 bits per heavy atom. The normalized spacial score (nSPS) is 11.7. The fraction of sp³-hybridized carbons (Fsp3) is 0.308. The quantitative estimate of drug-likeness (QED) is 0.517. The van der Waals surface area contributed by atoms with Crippen LogP contribution in [0.1, 0.15) is 53.5 Å². The number of nitrogens with one attached hydrogen (secondary N) is 1. The zero-order valence-electron chi connectivity index (χ0n) is 20.5. The van der Waals surface area contributed by atoms with Crippen LogP contribution in [0.5, 0.6) is 17.4 Å². The average Bonchev–Trinajstić information content (AvgIpc) is 2.75. The Bertz CT molecular complexity index is 1320. The van der Waals surface area contributed by atoms with Crippen LogP contribution in [0.25, 0.3) is 0 Å². The summed E-state index contributed by atoms with van der Waals surface area (Å²) in [5, 5.41) is 0. The van der Waals surface area contributed by atoms with Gasteiger partial charge in [0.25, 0.3) is 15.9 Å². The lowest BCUT2D eigenvalue weighted by molar-refractivity contribution is 0.0978. The zero-order valence-corrected chi connectivity index (χ0v) is 21.3. The Balaban J connectivity index is 2.06. The van der Waals surface area contributed by atoms with Crippen LogP contribution in [0.4, 0.5) is 0 Å². The summed E-state index contributed by atoms with van der Waals surface area (Å²) in [7, 11) is -2.84. The van der Waals surface area contributed by atoms with Gasteiger partial charge in [-0.15, -0.1) is 0 Å². The highest BCUT2D eigenvalue weighted by atomic mass is 32.2. The van der Waals surface area contributed by atoms with Crippen molar-refractivity contribution in [1.82, 2.24) is 9.71 Å². The van der Waals surface area contributed by atoms with E-state index in [2.05, 4.69) is 9.71 Å². The lowest BCUT2D eigenvalue weighted by Crippen LogP contribution is -2.31. The summed E-state index contributed by atoms with van der Waals surface area (Å²) >= 11 is 0. The second-order valence-corrected chi connectivity index (χ2v) is 10.9. The van der Waals surface area contributed by atoms with Gasteiger partial charge in [-0.1, -0.05) is 50.6 Å². The predicted molar refractivity (Wildman–Crippen MR) is 131 cm³/mol. The number of hydrogen-bond acceptors (Lipinski definition) is 6. The molecule has 0 spiro atoms. The number of aryl methyl sites for hydroxylation is 3. The smallest absolute Gasteiger partial charge is 0.270 e. The molecule has 0 aliphatic rings. The molecule has 0 aliphatic carbocycles. The molecule has 0 aliphatic heterocycles. The molecular formula is C26H30N2O5S. The molecule has 0 radical (unpaired) electrons. The van der Waals surface area contributed by atoms with E-state index in [0.717, 1.165) is 16.7 Å². The fourth-order valence-corrected chi connectivity index (χ4v) is 4.74. The standard InChI is InChI=1S/C26H30N2O5S/c1-16-14-17(2)23(18(3)15-16)33-25-19(12-13-22(27-25)26(4,5)6)24(29)28-34(30,31)21-11-9-8-10-20(21)32-7/h8-15H,1-7H3,(H,28,29). The average molecular weight is 483 g/mol. The minimum atomic E-state index is -4.21. The van der Waals surface area contributed by atoms with Crippen LogP contribution in [-0.4, -0.2) is 26.4 Å². The molecule has 0 saturated heterocycles. The molecule has 2 aromatic carbocycles. The van der Waals surface area contributed by atoms with E-state index in [4.69, 9.17) is 9.47 Å². The number of carbonyl (C=O) groups is 1.